The molecule has 0 atom stereocenters. The molecule has 3 heterocycles. The summed E-state index contributed by atoms with van der Waals surface area (Å²) < 4.78 is 0. The molecule has 2 aliphatic heterocycles. The van der Waals surface area contributed by atoms with E-state index in [9.17, 15) is 4.79 Å². The summed E-state index contributed by atoms with van der Waals surface area (Å²) in [6.45, 7) is 3.93. The number of rotatable bonds is 4. The number of nitrogen functional groups attached to an aromatic ring is 1. The molecule has 0 spiro atoms. The number of nitrogens with zero attached hydrogens (tertiary/aromatic N) is 1. The fourth-order valence-corrected chi connectivity index (χ4v) is 5.31. The minimum Gasteiger partial charge on any atom is -0.399 e. The molecule has 1 aromatic heterocycles. The van der Waals surface area contributed by atoms with Gasteiger partial charge in [-0.3, -0.25) is 9.69 Å². The molecule has 0 bridgehead atoms. The third-order valence-corrected chi connectivity index (χ3v) is 7.02. The Hall–Kier alpha value is -3.57. The maximum atomic E-state index is 12.8. The van der Waals surface area contributed by atoms with Crippen molar-refractivity contribution in [2.45, 2.75) is 32.4 Å². The standard InChI is InChI=1S/C28H28N4O/c29-21-7-5-19(6-8-21)22-9-10-23(27-24(22)16-30-28(27)33)26-15-20-14-18(4-11-25(20)31-26)17-32-12-2-1-3-13-32/h4-11,14-15,31H,1-3,12-13,16-17,29H2,(H,30,33). The second-order valence-corrected chi connectivity index (χ2v) is 9.26. The van der Waals surface area contributed by atoms with Crippen molar-refractivity contribution in [2.24, 2.45) is 0 Å². The van der Waals surface area contributed by atoms with Crippen LogP contribution < -0.4 is 11.1 Å². The molecule has 2 aliphatic rings. The van der Waals surface area contributed by atoms with Gasteiger partial charge in [0.15, 0.2) is 0 Å². The van der Waals surface area contributed by atoms with Gasteiger partial charge in [-0.25, -0.2) is 0 Å². The van der Waals surface area contributed by atoms with Gasteiger partial charge in [0.25, 0.3) is 5.91 Å². The largest absolute Gasteiger partial charge is 0.399 e. The highest BCUT2D eigenvalue weighted by molar-refractivity contribution is 6.07. The summed E-state index contributed by atoms with van der Waals surface area (Å²) >= 11 is 0. The number of hydrogen-bond acceptors (Lipinski definition) is 3. The highest BCUT2D eigenvalue weighted by Gasteiger charge is 2.27. The Kier molecular flexibility index (Phi) is 4.92. The van der Waals surface area contributed by atoms with Crippen molar-refractivity contribution in [1.29, 1.82) is 0 Å². The van der Waals surface area contributed by atoms with Gasteiger partial charge in [-0.2, -0.15) is 0 Å². The van der Waals surface area contributed by atoms with Crippen molar-refractivity contribution in [3.05, 3.63) is 77.4 Å². The molecular weight excluding hydrogens is 408 g/mol. The van der Waals surface area contributed by atoms with E-state index in [0.29, 0.717) is 6.54 Å². The average molecular weight is 437 g/mol. The molecule has 4 aromatic rings. The Balaban J connectivity index is 1.38. The van der Waals surface area contributed by atoms with Crippen LogP contribution in [0.4, 0.5) is 5.69 Å². The zero-order valence-corrected chi connectivity index (χ0v) is 18.7. The van der Waals surface area contributed by atoms with E-state index in [0.717, 1.165) is 51.3 Å². The first-order valence-corrected chi connectivity index (χ1v) is 11.8. The van der Waals surface area contributed by atoms with Crippen LogP contribution in [-0.4, -0.2) is 28.9 Å². The SMILES string of the molecule is Nc1ccc(-c2ccc(-c3cc4cc(CN5CCCCC5)ccc4[nH]3)c3c2CNC3=O)cc1. The summed E-state index contributed by atoms with van der Waals surface area (Å²) in [5.74, 6) is -0.0123. The minimum atomic E-state index is -0.0123. The monoisotopic (exact) mass is 436 g/mol. The summed E-state index contributed by atoms with van der Waals surface area (Å²) in [5, 5.41) is 4.21. The number of piperidine rings is 1. The van der Waals surface area contributed by atoms with E-state index >= 15 is 0 Å². The van der Waals surface area contributed by atoms with Gasteiger partial charge < -0.3 is 16.0 Å². The third-order valence-electron chi connectivity index (χ3n) is 7.02. The van der Waals surface area contributed by atoms with Gasteiger partial charge in [-0.15, -0.1) is 0 Å². The van der Waals surface area contributed by atoms with Gasteiger partial charge in [-0.1, -0.05) is 36.8 Å². The molecule has 0 radical (unpaired) electrons. The smallest absolute Gasteiger partial charge is 0.252 e. The minimum absolute atomic E-state index is 0.0123. The average Bonchev–Trinajstić information content (AvgIpc) is 3.44. The highest BCUT2D eigenvalue weighted by Crippen LogP contribution is 2.37. The van der Waals surface area contributed by atoms with Crippen LogP contribution in [0.1, 0.15) is 40.7 Å². The summed E-state index contributed by atoms with van der Waals surface area (Å²) in [6, 6.07) is 20.9. The van der Waals surface area contributed by atoms with Crippen LogP contribution in [-0.2, 0) is 13.1 Å². The lowest BCUT2D eigenvalue weighted by molar-refractivity contribution is 0.0966. The number of fused-ring (bicyclic) bond motifs is 2. The Morgan fingerprint density at radius 2 is 1.67 bits per heavy atom. The number of hydrogen-bond donors (Lipinski definition) is 3. The molecule has 166 valence electrons. The van der Waals surface area contributed by atoms with Crippen LogP contribution >= 0.6 is 0 Å². The molecule has 4 N–H and O–H groups in total. The predicted octanol–water partition coefficient (Wildman–Crippen LogP) is 5.31. The number of benzene rings is 3. The number of amides is 1. The maximum absolute atomic E-state index is 12.8. The van der Waals surface area contributed by atoms with Crippen LogP contribution in [0.2, 0.25) is 0 Å². The lowest BCUT2D eigenvalue weighted by atomic mass is 9.92. The molecule has 0 saturated carbocycles. The first kappa shape index (κ1) is 20.1. The Labute approximate surface area is 193 Å². The Bertz CT molecular complexity index is 1350. The zero-order chi connectivity index (χ0) is 22.4. The second kappa shape index (κ2) is 8.09. The summed E-state index contributed by atoms with van der Waals surface area (Å²) in [4.78, 5) is 18.9. The van der Waals surface area contributed by atoms with Gasteiger partial charge in [0.2, 0.25) is 0 Å². The van der Waals surface area contributed by atoms with E-state index in [1.807, 2.05) is 24.3 Å². The van der Waals surface area contributed by atoms with Crippen molar-refractivity contribution in [2.75, 3.05) is 18.8 Å². The second-order valence-electron chi connectivity index (χ2n) is 9.26. The van der Waals surface area contributed by atoms with Gasteiger partial charge >= 0.3 is 0 Å². The van der Waals surface area contributed by atoms with Crippen molar-refractivity contribution in [3.8, 4) is 22.4 Å². The van der Waals surface area contributed by atoms with E-state index in [4.69, 9.17) is 5.73 Å². The number of carbonyl (C=O) groups excluding carboxylic acids is 1. The highest BCUT2D eigenvalue weighted by atomic mass is 16.1. The maximum Gasteiger partial charge on any atom is 0.252 e. The normalized spacial score (nSPS) is 16.2. The Morgan fingerprint density at radius 3 is 2.48 bits per heavy atom. The molecule has 0 aliphatic carbocycles. The third kappa shape index (κ3) is 3.68. The number of aromatic nitrogens is 1. The van der Waals surface area contributed by atoms with E-state index < -0.39 is 0 Å². The van der Waals surface area contributed by atoms with Gasteiger partial charge in [0.1, 0.15) is 0 Å². The predicted molar refractivity (Wildman–Crippen MR) is 134 cm³/mol. The van der Waals surface area contributed by atoms with Crippen LogP contribution in [0, 0.1) is 0 Å². The topological polar surface area (TPSA) is 74.2 Å². The number of carbonyl (C=O) groups is 1. The van der Waals surface area contributed by atoms with Crippen molar-refractivity contribution >= 4 is 22.5 Å². The first-order valence-electron chi connectivity index (χ1n) is 11.8. The molecule has 3 aromatic carbocycles. The van der Waals surface area contributed by atoms with Gasteiger partial charge in [-0.05, 0) is 78.5 Å². The van der Waals surface area contributed by atoms with Crippen molar-refractivity contribution < 1.29 is 4.79 Å². The van der Waals surface area contributed by atoms with Crippen LogP contribution in [0.15, 0.2) is 60.7 Å². The molecule has 0 unspecified atom stereocenters. The van der Waals surface area contributed by atoms with E-state index in [2.05, 4.69) is 51.6 Å². The quantitative estimate of drug-likeness (QED) is 0.379. The number of H-pyrrole nitrogens is 1. The number of likely N-dealkylation sites (tertiary alicyclic amines) is 1. The molecule has 5 nitrogen and oxygen atoms in total. The molecule has 1 saturated heterocycles. The molecule has 5 heteroatoms. The number of anilines is 1. The molecule has 1 fully saturated rings. The first-order chi connectivity index (χ1) is 16.2. The van der Waals surface area contributed by atoms with Crippen molar-refractivity contribution in [3.63, 3.8) is 0 Å². The van der Waals surface area contributed by atoms with Gasteiger partial charge in [0, 0.05) is 40.9 Å². The van der Waals surface area contributed by atoms with E-state index in [1.54, 1.807) is 0 Å². The van der Waals surface area contributed by atoms with Gasteiger partial charge in [0.05, 0.1) is 5.56 Å². The fraction of sp³-hybridized carbons (Fsp3) is 0.250. The van der Waals surface area contributed by atoms with Crippen molar-refractivity contribution in [1.82, 2.24) is 15.2 Å². The summed E-state index contributed by atoms with van der Waals surface area (Å²) in [6.07, 6.45) is 3.96. The van der Waals surface area contributed by atoms with E-state index in [-0.39, 0.29) is 5.91 Å². The Morgan fingerprint density at radius 1 is 0.879 bits per heavy atom. The van der Waals surface area contributed by atoms with Crippen LogP contribution in [0.25, 0.3) is 33.3 Å². The van der Waals surface area contributed by atoms with Crippen LogP contribution in [0.3, 0.4) is 0 Å². The molecule has 6 rings (SSSR count). The fourth-order valence-electron chi connectivity index (χ4n) is 5.31. The number of aromatic amines is 1. The summed E-state index contributed by atoms with van der Waals surface area (Å²) in [7, 11) is 0. The number of nitrogens with two attached hydrogens (primary N) is 1. The molecule has 33 heavy (non-hydrogen) atoms. The summed E-state index contributed by atoms with van der Waals surface area (Å²) in [5.41, 5.74) is 14.9. The van der Waals surface area contributed by atoms with E-state index in [1.165, 1.54) is 43.3 Å². The number of nitrogens with one attached hydrogen (secondary N) is 2. The lowest BCUT2D eigenvalue weighted by Crippen LogP contribution is -2.28. The zero-order valence-electron chi connectivity index (χ0n) is 18.7. The molecule has 1 amide bonds. The lowest BCUT2D eigenvalue weighted by Gasteiger charge is -2.26. The molecular formula is C28H28N4O. The van der Waals surface area contributed by atoms with Crippen LogP contribution in [0.5, 0.6) is 0 Å².